The molecule has 0 aliphatic carbocycles. The SMILES string of the molecule is O=C(O)c1c(-c2ccccc2)c2ccccc2n1Cc1ccc([N+](=O)[O-])cc1. The van der Waals surface area contributed by atoms with Crippen LogP contribution in [0, 0.1) is 10.1 Å². The van der Waals surface area contributed by atoms with Crippen LogP contribution in [-0.2, 0) is 6.54 Å². The van der Waals surface area contributed by atoms with Crippen LogP contribution in [-0.4, -0.2) is 20.6 Å². The van der Waals surface area contributed by atoms with E-state index in [2.05, 4.69) is 0 Å². The normalized spacial score (nSPS) is 10.9. The average molecular weight is 372 g/mol. The number of nitrogens with zero attached hydrogens (tertiary/aromatic N) is 2. The zero-order valence-corrected chi connectivity index (χ0v) is 14.8. The monoisotopic (exact) mass is 372 g/mol. The first-order valence-electron chi connectivity index (χ1n) is 8.69. The quantitative estimate of drug-likeness (QED) is 0.396. The lowest BCUT2D eigenvalue weighted by Gasteiger charge is -2.09. The van der Waals surface area contributed by atoms with Crippen molar-refractivity contribution in [1.29, 1.82) is 0 Å². The molecule has 0 amide bonds. The summed E-state index contributed by atoms with van der Waals surface area (Å²) >= 11 is 0. The van der Waals surface area contributed by atoms with Crippen molar-refractivity contribution in [3.63, 3.8) is 0 Å². The third-order valence-electron chi connectivity index (χ3n) is 4.72. The van der Waals surface area contributed by atoms with E-state index in [0.29, 0.717) is 12.1 Å². The van der Waals surface area contributed by atoms with E-state index in [0.717, 1.165) is 22.0 Å². The van der Waals surface area contributed by atoms with E-state index < -0.39 is 10.9 Å². The lowest BCUT2D eigenvalue weighted by atomic mass is 10.0. The highest BCUT2D eigenvalue weighted by Gasteiger charge is 2.23. The number of benzene rings is 3. The number of para-hydroxylation sites is 1. The maximum atomic E-state index is 12.2. The van der Waals surface area contributed by atoms with Crippen LogP contribution in [0.1, 0.15) is 16.1 Å². The molecule has 138 valence electrons. The van der Waals surface area contributed by atoms with Crippen molar-refractivity contribution in [2.75, 3.05) is 0 Å². The molecular weight excluding hydrogens is 356 g/mol. The summed E-state index contributed by atoms with van der Waals surface area (Å²) in [6.45, 7) is 0.299. The summed E-state index contributed by atoms with van der Waals surface area (Å²) < 4.78 is 1.75. The Labute approximate surface area is 160 Å². The van der Waals surface area contributed by atoms with Gasteiger partial charge in [-0.2, -0.15) is 0 Å². The van der Waals surface area contributed by atoms with Gasteiger partial charge in [-0.3, -0.25) is 10.1 Å². The zero-order chi connectivity index (χ0) is 19.7. The summed E-state index contributed by atoms with van der Waals surface area (Å²) in [6.07, 6.45) is 0. The van der Waals surface area contributed by atoms with Crippen molar-refractivity contribution in [3.8, 4) is 11.1 Å². The second kappa shape index (κ2) is 7.00. The Morgan fingerprint density at radius 1 is 0.929 bits per heavy atom. The number of aromatic carboxylic acids is 1. The summed E-state index contributed by atoms with van der Waals surface area (Å²) in [5, 5.41) is 21.7. The van der Waals surface area contributed by atoms with Gasteiger partial charge in [0.05, 0.1) is 4.92 Å². The number of nitro groups is 1. The fourth-order valence-electron chi connectivity index (χ4n) is 3.49. The van der Waals surface area contributed by atoms with Crippen molar-refractivity contribution >= 4 is 22.6 Å². The molecule has 0 aliphatic heterocycles. The van der Waals surface area contributed by atoms with Gasteiger partial charge in [0, 0.05) is 35.1 Å². The number of nitro benzene ring substituents is 1. The molecule has 0 spiro atoms. The van der Waals surface area contributed by atoms with Gasteiger partial charge in [0.1, 0.15) is 5.69 Å². The van der Waals surface area contributed by atoms with Crippen LogP contribution < -0.4 is 0 Å². The third-order valence-corrected chi connectivity index (χ3v) is 4.72. The second-order valence-electron chi connectivity index (χ2n) is 6.42. The molecule has 0 fully saturated rings. The third kappa shape index (κ3) is 3.01. The molecule has 0 aliphatic rings. The predicted molar refractivity (Wildman–Crippen MR) is 107 cm³/mol. The van der Waals surface area contributed by atoms with Gasteiger partial charge in [0.25, 0.3) is 5.69 Å². The first kappa shape index (κ1) is 17.5. The molecule has 1 aromatic heterocycles. The summed E-state index contributed by atoms with van der Waals surface area (Å²) in [5.74, 6) is -1.02. The van der Waals surface area contributed by atoms with Crippen molar-refractivity contribution < 1.29 is 14.8 Å². The van der Waals surface area contributed by atoms with Crippen molar-refractivity contribution in [2.24, 2.45) is 0 Å². The number of hydrogen-bond acceptors (Lipinski definition) is 3. The number of carboxylic acid groups (broad SMARTS) is 1. The highest BCUT2D eigenvalue weighted by molar-refractivity contribution is 6.08. The van der Waals surface area contributed by atoms with Crippen molar-refractivity contribution in [1.82, 2.24) is 4.57 Å². The minimum Gasteiger partial charge on any atom is -0.477 e. The van der Waals surface area contributed by atoms with Gasteiger partial charge in [0.15, 0.2) is 0 Å². The van der Waals surface area contributed by atoms with Crippen molar-refractivity contribution in [2.45, 2.75) is 6.54 Å². The molecule has 0 unspecified atom stereocenters. The molecule has 0 saturated heterocycles. The van der Waals surface area contributed by atoms with E-state index in [9.17, 15) is 20.0 Å². The minimum absolute atomic E-state index is 0.00421. The van der Waals surface area contributed by atoms with Gasteiger partial charge in [-0.25, -0.2) is 4.79 Å². The highest BCUT2D eigenvalue weighted by Crippen LogP contribution is 2.35. The fourth-order valence-corrected chi connectivity index (χ4v) is 3.49. The van der Waals surface area contributed by atoms with E-state index in [4.69, 9.17) is 0 Å². The molecule has 0 atom stereocenters. The Bertz CT molecular complexity index is 1180. The zero-order valence-electron chi connectivity index (χ0n) is 14.8. The molecule has 0 bridgehead atoms. The molecule has 28 heavy (non-hydrogen) atoms. The van der Waals surface area contributed by atoms with E-state index in [1.54, 1.807) is 16.7 Å². The molecule has 4 aromatic rings. The molecule has 0 radical (unpaired) electrons. The smallest absolute Gasteiger partial charge is 0.353 e. The molecule has 3 aromatic carbocycles. The van der Waals surface area contributed by atoms with Gasteiger partial charge in [-0.1, -0.05) is 60.7 Å². The number of carbonyl (C=O) groups is 1. The number of rotatable bonds is 5. The molecule has 4 rings (SSSR count). The largest absolute Gasteiger partial charge is 0.477 e. The molecule has 1 heterocycles. The predicted octanol–water partition coefficient (Wildman–Crippen LogP) is 4.96. The summed E-state index contributed by atoms with van der Waals surface area (Å²) in [5.41, 5.74) is 3.30. The summed E-state index contributed by atoms with van der Waals surface area (Å²) in [7, 11) is 0. The van der Waals surface area contributed by atoms with Crippen LogP contribution in [0.25, 0.3) is 22.0 Å². The Morgan fingerprint density at radius 3 is 2.21 bits per heavy atom. The minimum atomic E-state index is -1.02. The second-order valence-corrected chi connectivity index (χ2v) is 6.42. The molecule has 0 saturated carbocycles. The number of non-ortho nitro benzene ring substituents is 1. The summed E-state index contributed by atoms with van der Waals surface area (Å²) in [6, 6.07) is 23.2. The van der Waals surface area contributed by atoms with E-state index in [-0.39, 0.29) is 11.4 Å². The maximum Gasteiger partial charge on any atom is 0.353 e. The fraction of sp³-hybridized carbons (Fsp3) is 0.0455. The van der Waals surface area contributed by atoms with E-state index in [1.807, 2.05) is 54.6 Å². The Balaban J connectivity index is 1.92. The van der Waals surface area contributed by atoms with Gasteiger partial charge in [-0.05, 0) is 17.2 Å². The Hall–Kier alpha value is -3.93. The highest BCUT2D eigenvalue weighted by atomic mass is 16.6. The van der Waals surface area contributed by atoms with Crippen molar-refractivity contribution in [3.05, 3.63) is 100 Å². The topological polar surface area (TPSA) is 85.4 Å². The average Bonchev–Trinajstić information content (AvgIpc) is 3.04. The molecular formula is C22H16N2O4. The molecule has 6 heteroatoms. The number of fused-ring (bicyclic) bond motifs is 1. The van der Waals surface area contributed by atoms with Crippen LogP contribution in [0.3, 0.4) is 0 Å². The van der Waals surface area contributed by atoms with Gasteiger partial charge < -0.3 is 9.67 Å². The van der Waals surface area contributed by atoms with Crippen LogP contribution in [0.4, 0.5) is 5.69 Å². The Morgan fingerprint density at radius 2 is 1.57 bits per heavy atom. The van der Waals surface area contributed by atoms with E-state index in [1.165, 1.54) is 12.1 Å². The number of hydrogen-bond donors (Lipinski definition) is 1. The maximum absolute atomic E-state index is 12.2. The molecule has 6 nitrogen and oxygen atoms in total. The van der Waals surface area contributed by atoms with Gasteiger partial charge in [-0.15, -0.1) is 0 Å². The Kier molecular flexibility index (Phi) is 4.37. The van der Waals surface area contributed by atoms with Crippen LogP contribution in [0.2, 0.25) is 0 Å². The van der Waals surface area contributed by atoms with E-state index >= 15 is 0 Å². The van der Waals surface area contributed by atoms with Gasteiger partial charge >= 0.3 is 5.97 Å². The van der Waals surface area contributed by atoms with Crippen LogP contribution >= 0.6 is 0 Å². The number of aromatic nitrogens is 1. The van der Waals surface area contributed by atoms with Crippen LogP contribution in [0.5, 0.6) is 0 Å². The van der Waals surface area contributed by atoms with Crippen LogP contribution in [0.15, 0.2) is 78.9 Å². The lowest BCUT2D eigenvalue weighted by Crippen LogP contribution is -2.10. The van der Waals surface area contributed by atoms with Gasteiger partial charge in [0.2, 0.25) is 0 Å². The summed E-state index contributed by atoms with van der Waals surface area (Å²) in [4.78, 5) is 22.6. The standard InChI is InChI=1S/C22H16N2O4/c25-22(26)21-20(16-6-2-1-3-7-16)18-8-4-5-9-19(18)23(21)14-15-10-12-17(13-11-15)24(27)28/h1-13H,14H2,(H,25,26). The molecule has 1 N–H and O–H groups in total. The lowest BCUT2D eigenvalue weighted by molar-refractivity contribution is -0.384. The first-order valence-corrected chi connectivity index (χ1v) is 8.69. The first-order chi connectivity index (χ1) is 13.6. The number of carboxylic acids is 1.